The topological polar surface area (TPSA) is 71.5 Å². The maximum absolute atomic E-state index is 13.7. The molecule has 0 radical (unpaired) electrons. The summed E-state index contributed by atoms with van der Waals surface area (Å²) in [5, 5.41) is 2.94. The van der Waals surface area contributed by atoms with Gasteiger partial charge in [0.1, 0.15) is 17.7 Å². The molecule has 2 heterocycles. The quantitative estimate of drug-likeness (QED) is 0.805. The second kappa shape index (κ2) is 8.35. The number of halogens is 2. The zero-order valence-corrected chi connectivity index (χ0v) is 15.5. The molecule has 1 saturated heterocycles. The molecule has 1 N–H and O–H groups in total. The fourth-order valence-corrected chi connectivity index (χ4v) is 3.03. The molecule has 27 heavy (non-hydrogen) atoms. The lowest BCUT2D eigenvalue weighted by Crippen LogP contribution is -2.38. The van der Waals surface area contributed by atoms with Crippen LogP contribution >= 0.6 is 11.6 Å². The molecule has 0 atom stereocenters. The predicted molar refractivity (Wildman–Crippen MR) is 101 cm³/mol. The third kappa shape index (κ3) is 4.95. The van der Waals surface area contributed by atoms with Crippen LogP contribution in [0.15, 0.2) is 36.5 Å². The summed E-state index contributed by atoms with van der Waals surface area (Å²) < 4.78 is 19.2. The second-order valence-electron chi connectivity index (χ2n) is 6.30. The number of carbonyl (C=O) groups excluding carboxylic acids is 2. The molecule has 6 nitrogen and oxygen atoms in total. The minimum absolute atomic E-state index is 0.0411. The molecule has 1 aromatic heterocycles. The number of benzene rings is 1. The van der Waals surface area contributed by atoms with Crippen molar-refractivity contribution in [2.45, 2.75) is 25.9 Å². The van der Waals surface area contributed by atoms with Gasteiger partial charge in [-0.15, -0.1) is 0 Å². The van der Waals surface area contributed by atoms with Crippen molar-refractivity contribution in [1.82, 2.24) is 4.98 Å². The van der Waals surface area contributed by atoms with Gasteiger partial charge in [-0.1, -0.05) is 11.6 Å². The molecule has 1 fully saturated rings. The van der Waals surface area contributed by atoms with Gasteiger partial charge in [-0.3, -0.25) is 4.79 Å². The van der Waals surface area contributed by atoms with Crippen molar-refractivity contribution in [2.24, 2.45) is 0 Å². The van der Waals surface area contributed by atoms with Crippen LogP contribution in [0.5, 0.6) is 0 Å². The Balaban J connectivity index is 1.58. The number of nitrogens with zero attached hydrogens (tertiary/aromatic N) is 2. The highest BCUT2D eigenvalue weighted by molar-refractivity contribution is 6.30. The Hall–Kier alpha value is -2.67. The first-order chi connectivity index (χ1) is 12.9. The van der Waals surface area contributed by atoms with Gasteiger partial charge in [0.2, 0.25) is 5.91 Å². The summed E-state index contributed by atoms with van der Waals surface area (Å²) in [5.74, 6) is -0.722. The van der Waals surface area contributed by atoms with E-state index in [1.807, 2.05) is 6.07 Å². The van der Waals surface area contributed by atoms with Crippen molar-refractivity contribution in [1.29, 1.82) is 0 Å². The molecule has 0 bridgehead atoms. The molecule has 0 aliphatic carbocycles. The maximum atomic E-state index is 13.7. The van der Waals surface area contributed by atoms with Crippen molar-refractivity contribution >= 4 is 35.0 Å². The first kappa shape index (κ1) is 19.1. The Bertz CT molecular complexity index is 837. The minimum Gasteiger partial charge on any atom is -0.459 e. The molecule has 1 amide bonds. The van der Waals surface area contributed by atoms with E-state index in [1.54, 1.807) is 12.3 Å². The van der Waals surface area contributed by atoms with E-state index in [2.05, 4.69) is 15.2 Å². The normalized spacial score (nSPS) is 14.7. The molecule has 1 aromatic carbocycles. The molecule has 2 aromatic rings. The van der Waals surface area contributed by atoms with E-state index in [4.69, 9.17) is 16.3 Å². The number of aromatic nitrogens is 1. The molecular weight excluding hydrogens is 373 g/mol. The summed E-state index contributed by atoms with van der Waals surface area (Å²) in [6.07, 6.45) is 2.70. The fraction of sp³-hybridized carbons (Fsp3) is 0.316. The van der Waals surface area contributed by atoms with Crippen molar-refractivity contribution in [3.63, 3.8) is 0 Å². The standard InChI is InChI=1S/C19H19ClFN3O3/c1-12(25)23-17-10-13(2-4-16(17)21)19(26)27-15-6-8-24(9-7-15)18-5-3-14(20)11-22-18/h2-5,10-11,15H,6-9H2,1H3,(H,23,25). The summed E-state index contributed by atoms with van der Waals surface area (Å²) in [7, 11) is 0. The number of rotatable bonds is 4. The Morgan fingerprint density at radius 2 is 2.00 bits per heavy atom. The second-order valence-corrected chi connectivity index (χ2v) is 6.74. The van der Waals surface area contributed by atoms with E-state index in [1.165, 1.54) is 19.1 Å². The average Bonchev–Trinajstić information content (AvgIpc) is 2.64. The Labute approximate surface area is 161 Å². The minimum atomic E-state index is -0.606. The van der Waals surface area contributed by atoms with E-state index < -0.39 is 17.7 Å². The number of anilines is 2. The van der Waals surface area contributed by atoms with Gasteiger partial charge < -0.3 is 15.0 Å². The molecule has 0 saturated carbocycles. The van der Waals surface area contributed by atoms with E-state index >= 15 is 0 Å². The SMILES string of the molecule is CC(=O)Nc1cc(C(=O)OC2CCN(c3ccc(Cl)cn3)CC2)ccc1F. The average molecular weight is 392 g/mol. The summed E-state index contributed by atoms with van der Waals surface area (Å²) in [6, 6.07) is 7.41. The van der Waals surface area contributed by atoms with Crippen LogP contribution in [-0.2, 0) is 9.53 Å². The van der Waals surface area contributed by atoms with Crippen molar-refractivity contribution in [3.05, 3.63) is 52.9 Å². The van der Waals surface area contributed by atoms with E-state index in [9.17, 15) is 14.0 Å². The summed E-state index contributed by atoms with van der Waals surface area (Å²) in [6.45, 7) is 2.67. The van der Waals surface area contributed by atoms with E-state index in [0.29, 0.717) is 31.0 Å². The lowest BCUT2D eigenvalue weighted by Gasteiger charge is -2.32. The first-order valence-corrected chi connectivity index (χ1v) is 8.95. The zero-order chi connectivity index (χ0) is 19.4. The van der Waals surface area contributed by atoms with E-state index in [0.717, 1.165) is 11.9 Å². The van der Waals surface area contributed by atoms with E-state index in [-0.39, 0.29) is 17.4 Å². The zero-order valence-electron chi connectivity index (χ0n) is 14.7. The number of ether oxygens (including phenoxy) is 1. The predicted octanol–water partition coefficient (Wildman–Crippen LogP) is 3.66. The van der Waals surface area contributed by atoms with Crippen LogP contribution in [0, 0.1) is 5.82 Å². The van der Waals surface area contributed by atoms with Crippen molar-refractivity contribution in [2.75, 3.05) is 23.3 Å². The van der Waals surface area contributed by atoms with Gasteiger partial charge in [0, 0.05) is 39.1 Å². The third-order valence-electron chi connectivity index (χ3n) is 4.26. The smallest absolute Gasteiger partial charge is 0.338 e. The Kier molecular flexibility index (Phi) is 5.91. The van der Waals surface area contributed by atoms with Gasteiger partial charge in [0.15, 0.2) is 0 Å². The monoisotopic (exact) mass is 391 g/mol. The lowest BCUT2D eigenvalue weighted by atomic mass is 10.1. The molecule has 0 spiro atoms. The Morgan fingerprint density at radius 3 is 2.63 bits per heavy atom. The third-order valence-corrected chi connectivity index (χ3v) is 4.49. The summed E-state index contributed by atoms with van der Waals surface area (Å²) in [5.41, 5.74) is 0.155. The maximum Gasteiger partial charge on any atom is 0.338 e. The molecule has 1 aliphatic heterocycles. The van der Waals surface area contributed by atoms with Gasteiger partial charge in [-0.25, -0.2) is 14.2 Å². The number of nitrogens with one attached hydrogen (secondary N) is 1. The lowest BCUT2D eigenvalue weighted by molar-refractivity contribution is -0.114. The highest BCUT2D eigenvalue weighted by atomic mass is 35.5. The number of piperidine rings is 1. The van der Waals surface area contributed by atoms with Gasteiger partial charge >= 0.3 is 5.97 Å². The highest BCUT2D eigenvalue weighted by Crippen LogP contribution is 2.23. The van der Waals surface area contributed by atoms with Crippen LogP contribution in [0.1, 0.15) is 30.1 Å². The number of esters is 1. The van der Waals surface area contributed by atoms with Crippen LogP contribution in [0.3, 0.4) is 0 Å². The van der Waals surface area contributed by atoms with Crippen LogP contribution in [0.25, 0.3) is 0 Å². The number of carbonyl (C=O) groups is 2. The fourth-order valence-electron chi connectivity index (χ4n) is 2.91. The van der Waals surface area contributed by atoms with Gasteiger partial charge in [0.05, 0.1) is 16.3 Å². The van der Waals surface area contributed by atoms with Crippen molar-refractivity contribution in [3.8, 4) is 0 Å². The van der Waals surface area contributed by atoms with Crippen molar-refractivity contribution < 1.29 is 18.7 Å². The summed E-state index contributed by atoms with van der Waals surface area (Å²) in [4.78, 5) is 29.9. The van der Waals surface area contributed by atoms with Crippen LogP contribution < -0.4 is 10.2 Å². The highest BCUT2D eigenvalue weighted by Gasteiger charge is 2.24. The largest absolute Gasteiger partial charge is 0.459 e. The van der Waals surface area contributed by atoms with Crippen LogP contribution in [-0.4, -0.2) is 36.1 Å². The molecule has 8 heteroatoms. The number of hydrogen-bond donors (Lipinski definition) is 1. The van der Waals surface area contributed by atoms with Crippen LogP contribution in [0.2, 0.25) is 5.02 Å². The van der Waals surface area contributed by atoms with Gasteiger partial charge in [-0.2, -0.15) is 0 Å². The Morgan fingerprint density at radius 1 is 1.26 bits per heavy atom. The van der Waals surface area contributed by atoms with Gasteiger partial charge in [0.25, 0.3) is 0 Å². The number of pyridine rings is 1. The molecule has 0 unspecified atom stereocenters. The number of amides is 1. The van der Waals surface area contributed by atoms with Crippen LogP contribution in [0.4, 0.5) is 15.9 Å². The molecule has 142 valence electrons. The molecule has 3 rings (SSSR count). The summed E-state index contributed by atoms with van der Waals surface area (Å²) >= 11 is 5.85. The van der Waals surface area contributed by atoms with Gasteiger partial charge in [-0.05, 0) is 30.3 Å². The number of hydrogen-bond acceptors (Lipinski definition) is 5. The molecular formula is C19H19ClFN3O3. The first-order valence-electron chi connectivity index (χ1n) is 8.57. The molecule has 1 aliphatic rings.